The molecule has 0 radical (unpaired) electrons. The van der Waals surface area contributed by atoms with Crippen LogP contribution in [-0.2, 0) is 9.53 Å². The molecule has 8 heteroatoms. The zero-order valence-electron chi connectivity index (χ0n) is 14.1. The van der Waals surface area contributed by atoms with E-state index in [1.54, 1.807) is 6.07 Å². The monoisotopic (exact) mass is 368 g/mol. The van der Waals surface area contributed by atoms with Crippen LogP contribution in [0, 0.1) is 0 Å². The molecule has 136 valence electrons. The molecule has 1 aromatic rings. The molecule has 1 aliphatic rings. The van der Waals surface area contributed by atoms with E-state index < -0.39 is 24.0 Å². The van der Waals surface area contributed by atoms with Gasteiger partial charge in [0.2, 0.25) is 0 Å². The molecule has 1 aliphatic carbocycles. The molecule has 0 bridgehead atoms. The van der Waals surface area contributed by atoms with E-state index in [0.717, 1.165) is 25.7 Å². The largest absolute Gasteiger partial charge is 0.496 e. The van der Waals surface area contributed by atoms with Crippen LogP contribution in [0.3, 0.4) is 0 Å². The van der Waals surface area contributed by atoms with E-state index in [1.807, 2.05) is 0 Å². The van der Waals surface area contributed by atoms with Gasteiger partial charge in [-0.15, -0.1) is 0 Å². The molecule has 2 rings (SSSR count). The highest BCUT2D eigenvalue weighted by molar-refractivity contribution is 6.31. The first-order valence-corrected chi connectivity index (χ1v) is 8.44. The van der Waals surface area contributed by atoms with Crippen LogP contribution >= 0.6 is 11.6 Å². The molecule has 1 fully saturated rings. The van der Waals surface area contributed by atoms with Gasteiger partial charge in [-0.25, -0.2) is 9.59 Å². The molecule has 3 amide bonds. The SMILES string of the molecule is COc1ccc(Cl)cc1C(=O)O[C@H](C)C(=O)NC(=O)NC1CCCC1. The Kier molecular flexibility index (Phi) is 6.64. The summed E-state index contributed by atoms with van der Waals surface area (Å²) in [6, 6.07) is 3.99. The molecular formula is C17H21ClN2O5. The minimum atomic E-state index is -1.15. The fourth-order valence-electron chi connectivity index (χ4n) is 2.62. The van der Waals surface area contributed by atoms with E-state index in [-0.39, 0.29) is 17.4 Å². The van der Waals surface area contributed by atoms with Crippen LogP contribution in [0.4, 0.5) is 4.79 Å². The summed E-state index contributed by atoms with van der Waals surface area (Å²) in [4.78, 5) is 36.0. The van der Waals surface area contributed by atoms with Crippen molar-refractivity contribution in [3.05, 3.63) is 28.8 Å². The third-order valence-corrected chi connectivity index (χ3v) is 4.20. The third kappa shape index (κ3) is 5.35. The number of benzene rings is 1. The number of urea groups is 1. The fourth-order valence-corrected chi connectivity index (χ4v) is 2.79. The highest BCUT2D eigenvalue weighted by atomic mass is 35.5. The summed E-state index contributed by atoms with van der Waals surface area (Å²) < 4.78 is 10.2. The average Bonchev–Trinajstić information content (AvgIpc) is 3.07. The Bertz CT molecular complexity index is 658. The first-order valence-electron chi connectivity index (χ1n) is 8.06. The number of amides is 3. The Morgan fingerprint density at radius 2 is 1.92 bits per heavy atom. The Morgan fingerprint density at radius 1 is 1.24 bits per heavy atom. The summed E-state index contributed by atoms with van der Waals surface area (Å²) in [6.07, 6.45) is 2.79. The van der Waals surface area contributed by atoms with Crippen molar-refractivity contribution in [2.24, 2.45) is 0 Å². The second-order valence-corrected chi connectivity index (χ2v) is 6.27. The van der Waals surface area contributed by atoms with Crippen molar-refractivity contribution in [2.45, 2.75) is 44.8 Å². The van der Waals surface area contributed by atoms with Gasteiger partial charge in [0.25, 0.3) is 5.91 Å². The van der Waals surface area contributed by atoms with E-state index in [0.29, 0.717) is 5.02 Å². The number of carbonyl (C=O) groups excluding carboxylic acids is 3. The van der Waals surface area contributed by atoms with Crippen LogP contribution in [0.15, 0.2) is 18.2 Å². The van der Waals surface area contributed by atoms with Gasteiger partial charge < -0.3 is 14.8 Å². The number of carbonyl (C=O) groups is 3. The van der Waals surface area contributed by atoms with Crippen LogP contribution in [0.1, 0.15) is 43.0 Å². The quantitative estimate of drug-likeness (QED) is 0.779. The first-order chi connectivity index (χ1) is 11.9. The zero-order chi connectivity index (χ0) is 18.4. The first kappa shape index (κ1) is 19.1. The van der Waals surface area contributed by atoms with E-state index in [9.17, 15) is 14.4 Å². The predicted molar refractivity (Wildman–Crippen MR) is 91.8 cm³/mol. The van der Waals surface area contributed by atoms with Crippen molar-refractivity contribution < 1.29 is 23.9 Å². The maximum atomic E-state index is 12.2. The second-order valence-electron chi connectivity index (χ2n) is 5.84. The molecular weight excluding hydrogens is 348 g/mol. The van der Waals surface area contributed by atoms with E-state index in [4.69, 9.17) is 21.1 Å². The summed E-state index contributed by atoms with van der Waals surface area (Å²) in [5, 5.41) is 5.24. The Labute approximate surface area is 151 Å². The second kappa shape index (κ2) is 8.71. The number of esters is 1. The van der Waals surface area contributed by atoms with Gasteiger partial charge in [0.15, 0.2) is 6.10 Å². The number of methoxy groups -OCH3 is 1. The number of hydrogen-bond acceptors (Lipinski definition) is 5. The number of imide groups is 1. The van der Waals surface area contributed by atoms with Crippen molar-refractivity contribution in [1.29, 1.82) is 0 Å². The molecule has 1 saturated carbocycles. The van der Waals surface area contributed by atoms with Crippen LogP contribution in [0.5, 0.6) is 5.75 Å². The van der Waals surface area contributed by atoms with Crippen molar-refractivity contribution in [3.63, 3.8) is 0 Å². The van der Waals surface area contributed by atoms with Gasteiger partial charge in [-0.05, 0) is 38.0 Å². The molecule has 0 heterocycles. The molecule has 1 aromatic carbocycles. The molecule has 1 atom stereocenters. The summed E-state index contributed by atoms with van der Waals surface area (Å²) in [7, 11) is 1.41. The summed E-state index contributed by atoms with van der Waals surface area (Å²) in [5.74, 6) is -1.19. The summed E-state index contributed by atoms with van der Waals surface area (Å²) in [5.41, 5.74) is 0.102. The summed E-state index contributed by atoms with van der Waals surface area (Å²) in [6.45, 7) is 1.38. The standard InChI is InChI=1S/C17H21ClN2O5/c1-10(15(21)20-17(23)19-12-5-3-4-6-12)25-16(22)13-9-11(18)7-8-14(13)24-2/h7-10,12H,3-6H2,1-2H3,(H2,19,20,21,23)/t10-/m1/s1. The lowest BCUT2D eigenvalue weighted by molar-refractivity contribution is -0.127. The highest BCUT2D eigenvalue weighted by Crippen LogP contribution is 2.23. The van der Waals surface area contributed by atoms with Crippen molar-refractivity contribution >= 4 is 29.5 Å². The molecule has 7 nitrogen and oxygen atoms in total. The van der Waals surface area contributed by atoms with Gasteiger partial charge in [-0.3, -0.25) is 10.1 Å². The third-order valence-electron chi connectivity index (χ3n) is 3.96. The number of hydrogen-bond donors (Lipinski definition) is 2. The normalized spacial score (nSPS) is 15.3. The maximum Gasteiger partial charge on any atom is 0.342 e. The minimum Gasteiger partial charge on any atom is -0.496 e. The van der Waals surface area contributed by atoms with Gasteiger partial charge >= 0.3 is 12.0 Å². The molecule has 0 aliphatic heterocycles. The van der Waals surface area contributed by atoms with Gasteiger partial charge in [0, 0.05) is 11.1 Å². The van der Waals surface area contributed by atoms with Gasteiger partial charge in [-0.1, -0.05) is 24.4 Å². The van der Waals surface area contributed by atoms with Gasteiger partial charge in [-0.2, -0.15) is 0 Å². The number of halogens is 1. The topological polar surface area (TPSA) is 93.7 Å². The van der Waals surface area contributed by atoms with Crippen molar-refractivity contribution in [3.8, 4) is 5.75 Å². The van der Waals surface area contributed by atoms with Crippen LogP contribution < -0.4 is 15.4 Å². The number of nitrogens with one attached hydrogen (secondary N) is 2. The average molecular weight is 369 g/mol. The van der Waals surface area contributed by atoms with E-state index in [2.05, 4.69) is 10.6 Å². The maximum absolute atomic E-state index is 12.2. The smallest absolute Gasteiger partial charge is 0.342 e. The van der Waals surface area contributed by atoms with E-state index in [1.165, 1.54) is 26.2 Å². The fraction of sp³-hybridized carbons (Fsp3) is 0.471. The number of ether oxygens (including phenoxy) is 2. The van der Waals surface area contributed by atoms with Crippen LogP contribution in [0.25, 0.3) is 0 Å². The molecule has 25 heavy (non-hydrogen) atoms. The lowest BCUT2D eigenvalue weighted by atomic mass is 10.2. The molecule has 0 saturated heterocycles. The minimum absolute atomic E-state index is 0.0846. The molecule has 0 unspecified atom stereocenters. The van der Waals surface area contributed by atoms with Gasteiger partial charge in [0.05, 0.1) is 7.11 Å². The Balaban J connectivity index is 1.90. The van der Waals surface area contributed by atoms with Crippen LogP contribution in [0.2, 0.25) is 5.02 Å². The highest BCUT2D eigenvalue weighted by Gasteiger charge is 2.24. The molecule has 2 N–H and O–H groups in total. The lowest BCUT2D eigenvalue weighted by Crippen LogP contribution is -2.47. The summed E-state index contributed by atoms with van der Waals surface area (Å²) >= 11 is 5.87. The Hall–Kier alpha value is -2.28. The zero-order valence-corrected chi connectivity index (χ0v) is 14.9. The van der Waals surface area contributed by atoms with Crippen molar-refractivity contribution in [2.75, 3.05) is 7.11 Å². The number of rotatable bonds is 5. The molecule has 0 aromatic heterocycles. The van der Waals surface area contributed by atoms with Crippen molar-refractivity contribution in [1.82, 2.24) is 10.6 Å². The van der Waals surface area contributed by atoms with E-state index >= 15 is 0 Å². The van der Waals surface area contributed by atoms with Gasteiger partial charge in [0.1, 0.15) is 11.3 Å². The molecule has 0 spiro atoms. The predicted octanol–water partition coefficient (Wildman–Crippen LogP) is 2.66. The lowest BCUT2D eigenvalue weighted by Gasteiger charge is -2.16. The Morgan fingerprint density at radius 3 is 2.56 bits per heavy atom. The van der Waals surface area contributed by atoms with Crippen LogP contribution in [-0.4, -0.2) is 37.2 Å².